The van der Waals surface area contributed by atoms with E-state index in [1.165, 1.54) is 19.2 Å². The molecule has 0 radical (unpaired) electrons. The summed E-state index contributed by atoms with van der Waals surface area (Å²) in [6.07, 6.45) is 0.582. The lowest BCUT2D eigenvalue weighted by Gasteiger charge is -2.19. The van der Waals surface area contributed by atoms with Crippen LogP contribution >= 0.6 is 0 Å². The van der Waals surface area contributed by atoms with Crippen molar-refractivity contribution in [3.63, 3.8) is 0 Å². The predicted molar refractivity (Wildman–Crippen MR) is 54.3 cm³/mol. The Kier molecular flexibility index (Phi) is 2.34. The second kappa shape index (κ2) is 3.53. The third-order valence-electron chi connectivity index (χ3n) is 2.78. The fourth-order valence-corrected chi connectivity index (χ4v) is 1.93. The largest absolute Gasteiger partial charge is 0.467 e. The van der Waals surface area contributed by atoms with E-state index in [-0.39, 0.29) is 17.8 Å². The number of nitrogens with zero attached hydrogens (tertiary/aromatic N) is 1. The van der Waals surface area contributed by atoms with Crippen molar-refractivity contribution < 1.29 is 13.9 Å². The molecule has 0 fully saturated rings. The Bertz CT molecular complexity index is 406. The molecule has 2 rings (SSSR count). The van der Waals surface area contributed by atoms with Gasteiger partial charge in [-0.25, -0.2) is 9.18 Å². The van der Waals surface area contributed by atoms with Crippen LogP contribution in [-0.2, 0) is 16.0 Å². The van der Waals surface area contributed by atoms with Gasteiger partial charge >= 0.3 is 5.97 Å². The number of methoxy groups -OCH3 is 1. The number of anilines is 1. The van der Waals surface area contributed by atoms with Gasteiger partial charge in [-0.15, -0.1) is 0 Å². The first kappa shape index (κ1) is 9.96. The number of esters is 1. The summed E-state index contributed by atoms with van der Waals surface area (Å²) in [7, 11) is 3.13. The van der Waals surface area contributed by atoms with Gasteiger partial charge in [0.05, 0.1) is 7.11 Å². The van der Waals surface area contributed by atoms with Gasteiger partial charge in [-0.2, -0.15) is 0 Å². The quantitative estimate of drug-likeness (QED) is 0.654. The molecule has 0 aromatic heterocycles. The van der Waals surface area contributed by atoms with Gasteiger partial charge < -0.3 is 9.64 Å². The lowest BCUT2D eigenvalue weighted by molar-refractivity contribution is -0.141. The first-order valence-corrected chi connectivity index (χ1v) is 4.72. The highest BCUT2D eigenvalue weighted by molar-refractivity contribution is 5.83. The van der Waals surface area contributed by atoms with E-state index < -0.39 is 0 Å². The second-order valence-electron chi connectivity index (χ2n) is 3.63. The van der Waals surface area contributed by atoms with E-state index in [2.05, 4.69) is 0 Å². The minimum absolute atomic E-state index is 0.283. The maximum Gasteiger partial charge on any atom is 0.328 e. The molecule has 1 atom stereocenters. The summed E-state index contributed by atoms with van der Waals surface area (Å²) in [6, 6.07) is 4.24. The topological polar surface area (TPSA) is 29.5 Å². The maximum atomic E-state index is 13.0. The molecule has 0 N–H and O–H groups in total. The number of carbonyl (C=O) groups is 1. The molecule has 1 aromatic rings. The first-order chi connectivity index (χ1) is 7.13. The van der Waals surface area contributed by atoms with Crippen LogP contribution < -0.4 is 4.90 Å². The summed E-state index contributed by atoms with van der Waals surface area (Å²) in [5, 5.41) is 0. The van der Waals surface area contributed by atoms with Crippen molar-refractivity contribution in [3.05, 3.63) is 29.6 Å². The van der Waals surface area contributed by atoms with Crippen LogP contribution in [0.4, 0.5) is 10.1 Å². The van der Waals surface area contributed by atoms with Crippen molar-refractivity contribution in [2.24, 2.45) is 0 Å². The summed E-state index contributed by atoms with van der Waals surface area (Å²) in [6.45, 7) is 0. The van der Waals surface area contributed by atoms with E-state index in [4.69, 9.17) is 4.74 Å². The number of hydrogen-bond acceptors (Lipinski definition) is 3. The van der Waals surface area contributed by atoms with Gasteiger partial charge in [0.1, 0.15) is 11.9 Å². The van der Waals surface area contributed by atoms with E-state index in [1.807, 2.05) is 0 Å². The molecular weight excluding hydrogens is 197 g/mol. The zero-order valence-electron chi connectivity index (χ0n) is 8.66. The fourth-order valence-electron chi connectivity index (χ4n) is 1.93. The predicted octanol–water partition coefficient (Wildman–Crippen LogP) is 1.36. The Balaban J connectivity index is 2.33. The molecule has 1 aromatic carbocycles. The molecule has 0 saturated heterocycles. The Hall–Kier alpha value is -1.58. The zero-order valence-corrected chi connectivity index (χ0v) is 8.66. The second-order valence-corrected chi connectivity index (χ2v) is 3.63. The van der Waals surface area contributed by atoms with Crippen molar-refractivity contribution in [2.45, 2.75) is 12.5 Å². The highest BCUT2D eigenvalue weighted by Crippen LogP contribution is 2.31. The van der Waals surface area contributed by atoms with E-state index in [0.717, 1.165) is 11.3 Å². The molecule has 80 valence electrons. The summed E-state index contributed by atoms with van der Waals surface area (Å²) < 4.78 is 17.7. The fraction of sp³-hybridized carbons (Fsp3) is 0.364. The van der Waals surface area contributed by atoms with Crippen LogP contribution in [0.1, 0.15) is 5.56 Å². The number of likely N-dealkylation sites (N-methyl/N-ethyl adjacent to an activating group) is 1. The molecule has 1 heterocycles. The number of hydrogen-bond donors (Lipinski definition) is 0. The molecule has 1 aliphatic rings. The highest BCUT2D eigenvalue weighted by Gasteiger charge is 2.32. The summed E-state index contributed by atoms with van der Waals surface area (Å²) in [5.41, 5.74) is 1.75. The summed E-state index contributed by atoms with van der Waals surface area (Å²) in [4.78, 5) is 13.2. The van der Waals surface area contributed by atoms with Crippen LogP contribution in [0.2, 0.25) is 0 Å². The first-order valence-electron chi connectivity index (χ1n) is 4.72. The Labute approximate surface area is 87.5 Å². The van der Waals surface area contributed by atoms with Gasteiger partial charge in [-0.3, -0.25) is 0 Å². The number of rotatable bonds is 1. The standard InChI is InChI=1S/C11H12FNO2/c1-13-9-6-8(12)4-3-7(9)5-10(13)11(14)15-2/h3-4,6,10H,5H2,1-2H3. The van der Waals surface area contributed by atoms with Crippen molar-refractivity contribution in [2.75, 3.05) is 19.1 Å². The minimum Gasteiger partial charge on any atom is -0.467 e. The van der Waals surface area contributed by atoms with Crippen LogP contribution in [0.25, 0.3) is 0 Å². The lowest BCUT2D eigenvalue weighted by atomic mass is 10.1. The Morgan fingerprint density at radius 1 is 1.60 bits per heavy atom. The van der Waals surface area contributed by atoms with Gasteiger partial charge in [0, 0.05) is 19.2 Å². The smallest absolute Gasteiger partial charge is 0.328 e. The third-order valence-corrected chi connectivity index (χ3v) is 2.78. The molecular formula is C11H12FNO2. The summed E-state index contributed by atoms with van der Waals surface area (Å²) >= 11 is 0. The van der Waals surface area contributed by atoms with Crippen molar-refractivity contribution in [3.8, 4) is 0 Å². The van der Waals surface area contributed by atoms with Gasteiger partial charge in [0.2, 0.25) is 0 Å². The van der Waals surface area contributed by atoms with Gasteiger partial charge in [-0.1, -0.05) is 6.07 Å². The van der Waals surface area contributed by atoms with Gasteiger partial charge in [-0.05, 0) is 17.7 Å². The molecule has 4 heteroatoms. The van der Waals surface area contributed by atoms with Crippen LogP contribution in [0.15, 0.2) is 18.2 Å². The van der Waals surface area contributed by atoms with Crippen LogP contribution in [0.5, 0.6) is 0 Å². The summed E-state index contributed by atoms with van der Waals surface area (Å²) in [5.74, 6) is -0.569. The van der Waals surface area contributed by atoms with Crippen molar-refractivity contribution >= 4 is 11.7 Å². The molecule has 1 aliphatic heterocycles. The monoisotopic (exact) mass is 209 g/mol. The van der Waals surface area contributed by atoms with E-state index >= 15 is 0 Å². The van der Waals surface area contributed by atoms with Gasteiger partial charge in [0.15, 0.2) is 0 Å². The average Bonchev–Trinajstić information content (AvgIpc) is 2.55. The molecule has 0 bridgehead atoms. The van der Waals surface area contributed by atoms with Crippen molar-refractivity contribution in [1.82, 2.24) is 0 Å². The molecule has 15 heavy (non-hydrogen) atoms. The normalized spacial score (nSPS) is 18.9. The zero-order chi connectivity index (χ0) is 11.0. The molecule has 0 aliphatic carbocycles. The Morgan fingerprint density at radius 3 is 3.00 bits per heavy atom. The maximum absolute atomic E-state index is 13.0. The number of carbonyl (C=O) groups excluding carboxylic acids is 1. The highest BCUT2D eigenvalue weighted by atomic mass is 19.1. The molecule has 0 saturated carbocycles. The van der Waals surface area contributed by atoms with Crippen LogP contribution in [0.3, 0.4) is 0 Å². The molecule has 0 amide bonds. The van der Waals surface area contributed by atoms with E-state index in [9.17, 15) is 9.18 Å². The van der Waals surface area contributed by atoms with E-state index in [0.29, 0.717) is 6.42 Å². The SMILES string of the molecule is COC(=O)C1Cc2ccc(F)cc2N1C. The van der Waals surface area contributed by atoms with Crippen molar-refractivity contribution in [1.29, 1.82) is 0 Å². The average molecular weight is 209 g/mol. The Morgan fingerprint density at radius 2 is 2.33 bits per heavy atom. The molecule has 3 nitrogen and oxygen atoms in total. The number of benzene rings is 1. The lowest BCUT2D eigenvalue weighted by Crippen LogP contribution is -2.36. The number of ether oxygens (including phenoxy) is 1. The number of halogens is 1. The van der Waals surface area contributed by atoms with Crippen LogP contribution in [-0.4, -0.2) is 26.2 Å². The third kappa shape index (κ3) is 1.56. The number of fused-ring (bicyclic) bond motifs is 1. The van der Waals surface area contributed by atoms with Crippen LogP contribution in [0, 0.1) is 5.82 Å². The van der Waals surface area contributed by atoms with E-state index in [1.54, 1.807) is 18.0 Å². The molecule has 1 unspecified atom stereocenters. The molecule has 0 spiro atoms. The minimum atomic E-state index is -0.327. The van der Waals surface area contributed by atoms with Gasteiger partial charge in [0.25, 0.3) is 0 Å².